The van der Waals surface area contributed by atoms with Crippen LogP contribution in [0.1, 0.15) is 52.6 Å². The lowest BCUT2D eigenvalue weighted by Gasteiger charge is -2.30. The molecule has 2 heteroatoms. The van der Waals surface area contributed by atoms with Crippen molar-refractivity contribution in [3.05, 3.63) is 247 Å². The molecular formula is C60H46N2. The Morgan fingerprint density at radius 2 is 0.919 bits per heavy atom. The van der Waals surface area contributed by atoms with Gasteiger partial charge in [-0.3, -0.25) is 0 Å². The minimum atomic E-state index is 0.259. The third-order valence-corrected chi connectivity index (χ3v) is 13.1. The molecule has 0 fully saturated rings. The van der Waals surface area contributed by atoms with E-state index in [-0.39, 0.29) is 5.92 Å². The first kappa shape index (κ1) is 37.3. The van der Waals surface area contributed by atoms with E-state index < -0.39 is 0 Å². The van der Waals surface area contributed by atoms with Gasteiger partial charge in [0.05, 0.1) is 22.2 Å². The van der Waals surface area contributed by atoms with E-state index in [4.69, 9.17) is 0 Å². The molecule has 2 unspecified atom stereocenters. The molecule has 296 valence electrons. The van der Waals surface area contributed by atoms with Crippen LogP contribution in [-0.4, -0.2) is 9.13 Å². The molecule has 2 nitrogen and oxygen atoms in total. The van der Waals surface area contributed by atoms with Gasteiger partial charge in [-0.25, -0.2) is 0 Å². The summed E-state index contributed by atoms with van der Waals surface area (Å²) in [5.74, 6) is 0.577. The molecule has 0 bridgehead atoms. The third kappa shape index (κ3) is 6.53. The van der Waals surface area contributed by atoms with E-state index in [0.29, 0.717) is 5.92 Å². The molecule has 8 aromatic carbocycles. The third-order valence-electron chi connectivity index (χ3n) is 13.1. The van der Waals surface area contributed by atoms with Gasteiger partial charge in [0, 0.05) is 39.0 Å². The van der Waals surface area contributed by atoms with Crippen molar-refractivity contribution in [3.8, 4) is 33.6 Å². The Balaban J connectivity index is 0.986. The van der Waals surface area contributed by atoms with Crippen LogP contribution in [0.4, 0.5) is 0 Å². The quantitative estimate of drug-likeness (QED) is 0.138. The molecule has 1 aliphatic carbocycles. The van der Waals surface area contributed by atoms with Gasteiger partial charge >= 0.3 is 0 Å². The van der Waals surface area contributed by atoms with Crippen molar-refractivity contribution < 1.29 is 0 Å². The second-order valence-electron chi connectivity index (χ2n) is 16.6. The maximum Gasteiger partial charge on any atom is 0.0541 e. The predicted octanol–water partition coefficient (Wildman–Crippen LogP) is 16.1. The lowest BCUT2D eigenvalue weighted by atomic mass is 9.74. The number of fused-ring (bicyclic) bond motifs is 4. The lowest BCUT2D eigenvalue weighted by molar-refractivity contribution is 0.576. The highest BCUT2D eigenvalue weighted by molar-refractivity contribution is 6.09. The molecule has 0 spiro atoms. The Morgan fingerprint density at radius 1 is 0.419 bits per heavy atom. The fourth-order valence-electron chi connectivity index (χ4n) is 10.1. The van der Waals surface area contributed by atoms with Crippen LogP contribution in [0, 0.1) is 0 Å². The van der Waals surface area contributed by atoms with E-state index in [9.17, 15) is 0 Å². The monoisotopic (exact) mass is 794 g/mol. The first-order valence-corrected chi connectivity index (χ1v) is 21.7. The van der Waals surface area contributed by atoms with Crippen molar-refractivity contribution in [1.82, 2.24) is 9.13 Å². The Kier molecular flexibility index (Phi) is 9.47. The summed E-state index contributed by atoms with van der Waals surface area (Å²) in [5.41, 5.74) is 18.4. The molecular weight excluding hydrogens is 749 g/mol. The van der Waals surface area contributed by atoms with E-state index in [1.54, 1.807) is 0 Å². The summed E-state index contributed by atoms with van der Waals surface area (Å²) in [7, 11) is 0. The number of rotatable bonds is 9. The summed E-state index contributed by atoms with van der Waals surface area (Å²) in [6.07, 6.45) is 8.43. The summed E-state index contributed by atoms with van der Waals surface area (Å²) < 4.78 is 4.70. The smallest absolute Gasteiger partial charge is 0.0541 e. The van der Waals surface area contributed by atoms with Gasteiger partial charge in [0.25, 0.3) is 0 Å². The molecule has 0 radical (unpaired) electrons. The molecule has 0 N–H and O–H groups in total. The molecule has 10 aromatic rings. The maximum atomic E-state index is 4.19. The minimum Gasteiger partial charge on any atom is -0.309 e. The van der Waals surface area contributed by atoms with E-state index in [1.807, 2.05) is 12.2 Å². The molecule has 0 saturated heterocycles. The van der Waals surface area contributed by atoms with Gasteiger partial charge < -0.3 is 9.13 Å². The van der Waals surface area contributed by atoms with Crippen molar-refractivity contribution in [3.63, 3.8) is 0 Å². The van der Waals surface area contributed by atoms with E-state index in [2.05, 4.69) is 229 Å². The van der Waals surface area contributed by atoms with Gasteiger partial charge in [-0.05, 0) is 118 Å². The number of aromatic nitrogens is 2. The fourth-order valence-corrected chi connectivity index (χ4v) is 10.1. The van der Waals surface area contributed by atoms with E-state index in [1.165, 1.54) is 77.4 Å². The second kappa shape index (κ2) is 15.7. The van der Waals surface area contributed by atoms with Crippen molar-refractivity contribution >= 4 is 50.4 Å². The van der Waals surface area contributed by atoms with Crippen LogP contribution in [0.5, 0.6) is 0 Å². The standard InChI is InChI=1S/C60H46N2/c1-3-53-54-21-11-14-24-58(54)61(57(53)4-2)51-31-27-43(28-32-51)47-35-45(41-17-7-5-8-18-41)37-49(39-47)50-38-46(42-19-9-6-10-20-42)36-48(40-50)44-29-33-52(34-30-44)62-59-25-15-12-22-55(59)56-23-13-16-26-60(56)62/h3-37,39,48,50H,1-2,38,40H2. The molecule has 2 aromatic heterocycles. The summed E-state index contributed by atoms with van der Waals surface area (Å²) in [6.45, 7) is 8.33. The molecule has 0 saturated carbocycles. The van der Waals surface area contributed by atoms with Crippen LogP contribution >= 0.6 is 0 Å². The van der Waals surface area contributed by atoms with Gasteiger partial charge in [-0.15, -0.1) is 0 Å². The van der Waals surface area contributed by atoms with E-state index >= 15 is 0 Å². The zero-order chi connectivity index (χ0) is 41.6. The topological polar surface area (TPSA) is 9.86 Å². The molecule has 1 aliphatic rings. The first-order chi connectivity index (χ1) is 30.6. The average molecular weight is 795 g/mol. The Hall–Kier alpha value is -7.68. The molecule has 11 rings (SSSR count). The van der Waals surface area contributed by atoms with Crippen LogP contribution in [0.15, 0.2) is 219 Å². The highest BCUT2D eigenvalue weighted by Crippen LogP contribution is 2.46. The summed E-state index contributed by atoms with van der Waals surface area (Å²) in [6, 6.07) is 73.5. The predicted molar refractivity (Wildman–Crippen MR) is 264 cm³/mol. The Bertz CT molecular complexity index is 3250. The molecule has 62 heavy (non-hydrogen) atoms. The zero-order valence-corrected chi connectivity index (χ0v) is 34.7. The number of hydrogen-bond donors (Lipinski definition) is 0. The van der Waals surface area contributed by atoms with Crippen molar-refractivity contribution in [2.45, 2.75) is 24.7 Å². The number of benzene rings is 8. The average Bonchev–Trinajstić information content (AvgIpc) is 3.87. The van der Waals surface area contributed by atoms with Crippen LogP contribution in [0.3, 0.4) is 0 Å². The Morgan fingerprint density at radius 3 is 1.52 bits per heavy atom. The second-order valence-corrected chi connectivity index (χ2v) is 16.6. The molecule has 0 aliphatic heterocycles. The van der Waals surface area contributed by atoms with Gasteiger partial charge in [-0.1, -0.05) is 177 Å². The van der Waals surface area contributed by atoms with Gasteiger partial charge in [0.1, 0.15) is 0 Å². The van der Waals surface area contributed by atoms with Crippen LogP contribution < -0.4 is 0 Å². The van der Waals surface area contributed by atoms with Crippen LogP contribution in [0.2, 0.25) is 0 Å². The normalized spacial score (nSPS) is 15.2. The number of allylic oxidation sites excluding steroid dienone is 2. The molecule has 2 heterocycles. The first-order valence-electron chi connectivity index (χ1n) is 21.7. The lowest BCUT2D eigenvalue weighted by Crippen LogP contribution is -2.12. The van der Waals surface area contributed by atoms with E-state index in [0.717, 1.165) is 35.3 Å². The zero-order valence-electron chi connectivity index (χ0n) is 34.7. The summed E-state index contributed by atoms with van der Waals surface area (Å²) in [4.78, 5) is 0. The Labute approximate surface area is 363 Å². The SMILES string of the molecule is C=Cc1c(C=C)n(-c2ccc(-c3cc(-c4ccccc4)cc(C4CC(c5ccccc5)=CC(c5ccc(-n6c7ccccc7c7ccccc76)cc5)C4)c3)cc2)c2ccccc12. The van der Waals surface area contributed by atoms with Crippen LogP contribution in [-0.2, 0) is 0 Å². The fraction of sp³-hybridized carbons (Fsp3) is 0.0667. The van der Waals surface area contributed by atoms with Gasteiger partial charge in [-0.2, -0.15) is 0 Å². The highest BCUT2D eigenvalue weighted by atomic mass is 15.0. The highest BCUT2D eigenvalue weighted by Gasteiger charge is 2.27. The number of nitrogens with zero attached hydrogens (tertiary/aromatic N) is 2. The van der Waals surface area contributed by atoms with Crippen molar-refractivity contribution in [2.75, 3.05) is 0 Å². The van der Waals surface area contributed by atoms with Crippen molar-refractivity contribution in [2.24, 2.45) is 0 Å². The van der Waals surface area contributed by atoms with Crippen molar-refractivity contribution in [1.29, 1.82) is 0 Å². The molecule has 2 atom stereocenters. The molecule has 0 amide bonds. The summed E-state index contributed by atoms with van der Waals surface area (Å²) >= 11 is 0. The maximum absolute atomic E-state index is 4.19. The summed E-state index contributed by atoms with van der Waals surface area (Å²) in [5, 5.41) is 3.74. The number of hydrogen-bond acceptors (Lipinski definition) is 0. The minimum absolute atomic E-state index is 0.259. The largest absolute Gasteiger partial charge is 0.309 e. The number of para-hydroxylation sites is 3. The van der Waals surface area contributed by atoms with Gasteiger partial charge in [0.2, 0.25) is 0 Å². The van der Waals surface area contributed by atoms with Crippen LogP contribution in [0.25, 0.3) is 84.1 Å². The van der Waals surface area contributed by atoms with Gasteiger partial charge in [0.15, 0.2) is 0 Å².